The Morgan fingerprint density at radius 1 is 0.917 bits per heavy atom. The first-order chi connectivity index (χ1) is 16.5. The van der Waals surface area contributed by atoms with E-state index in [0.717, 1.165) is 57.8 Å². The average molecular weight is 507 g/mol. The molecule has 0 aromatic heterocycles. The third-order valence-corrected chi connectivity index (χ3v) is 11.5. The first kappa shape index (κ1) is 28.5. The monoisotopic (exact) mass is 506 g/mol. The fraction of sp³-hybridized carbons (Fsp3) is 0.935. The second-order valence-corrected chi connectivity index (χ2v) is 14.9. The maximum Gasteiger partial charge on any atom is 0.0865 e. The third kappa shape index (κ3) is 4.53. The van der Waals surface area contributed by atoms with E-state index in [9.17, 15) is 20.4 Å². The number of rotatable bonds is 5. The van der Waals surface area contributed by atoms with Gasteiger partial charge >= 0.3 is 0 Å². The summed E-state index contributed by atoms with van der Waals surface area (Å²) in [5, 5.41) is 44.0. The second-order valence-electron chi connectivity index (χ2n) is 14.9. The zero-order valence-corrected chi connectivity index (χ0v) is 24.2. The molecule has 0 aromatic rings. The molecular formula is C31H54O5. The molecule has 7 unspecified atom stereocenters. The van der Waals surface area contributed by atoms with Gasteiger partial charge in [-0.15, -0.1) is 0 Å². The lowest BCUT2D eigenvalue weighted by molar-refractivity contribution is -0.163. The molecule has 4 rings (SSSR count). The van der Waals surface area contributed by atoms with E-state index in [1.54, 1.807) is 0 Å². The van der Waals surface area contributed by atoms with E-state index in [-0.39, 0.29) is 40.3 Å². The van der Waals surface area contributed by atoms with Gasteiger partial charge in [-0.1, -0.05) is 46.3 Å². The summed E-state index contributed by atoms with van der Waals surface area (Å²) in [6.45, 7) is 16.9. The highest BCUT2D eigenvalue weighted by molar-refractivity contribution is 5.27. The first-order valence-corrected chi connectivity index (χ1v) is 14.6. The van der Waals surface area contributed by atoms with Crippen LogP contribution in [0.15, 0.2) is 11.6 Å². The van der Waals surface area contributed by atoms with Gasteiger partial charge in [0.2, 0.25) is 0 Å². The topological polar surface area (TPSA) is 90.2 Å². The summed E-state index contributed by atoms with van der Waals surface area (Å²) >= 11 is 0. The van der Waals surface area contributed by atoms with Crippen LogP contribution >= 0.6 is 0 Å². The molecule has 4 fully saturated rings. The molecule has 0 radical (unpaired) electrons. The molecule has 3 saturated carbocycles. The van der Waals surface area contributed by atoms with Crippen molar-refractivity contribution in [3.63, 3.8) is 0 Å². The summed E-state index contributed by atoms with van der Waals surface area (Å²) < 4.78 is 6.56. The fourth-order valence-electron chi connectivity index (χ4n) is 9.61. The smallest absolute Gasteiger partial charge is 0.0865 e. The van der Waals surface area contributed by atoms with Crippen LogP contribution in [-0.2, 0) is 4.74 Å². The highest BCUT2D eigenvalue weighted by Gasteiger charge is 2.60. The molecule has 36 heavy (non-hydrogen) atoms. The fourth-order valence-corrected chi connectivity index (χ4v) is 9.61. The summed E-state index contributed by atoms with van der Waals surface area (Å²) in [7, 11) is 0. The number of aliphatic hydroxyl groups is 4. The van der Waals surface area contributed by atoms with E-state index in [4.69, 9.17) is 4.74 Å². The number of ether oxygens (including phenoxy) is 1. The standard InChI is InChI=1S/C31H54O5/c1-9-19-18-22(33)25-27(2,3)23(34)12-16-30(25,7)20(19)10-14-29(6)15-11-21(32)26(29)31(8)17-13-24(36-31)28(4,5)35/h10,19,21-26,32-35H,9,11-18H2,1-8H3/b20-10+/t19?,21?,22-,23?,24?,25-,26?,29?,30?,31+/m0/s1. The van der Waals surface area contributed by atoms with Crippen molar-refractivity contribution in [3.8, 4) is 0 Å². The van der Waals surface area contributed by atoms with Gasteiger partial charge in [0.15, 0.2) is 0 Å². The molecule has 4 aliphatic rings. The van der Waals surface area contributed by atoms with Gasteiger partial charge in [-0.25, -0.2) is 0 Å². The van der Waals surface area contributed by atoms with Crippen LogP contribution in [0.4, 0.5) is 0 Å². The van der Waals surface area contributed by atoms with Gasteiger partial charge in [0.05, 0.1) is 35.6 Å². The second kappa shape index (κ2) is 9.33. The summed E-state index contributed by atoms with van der Waals surface area (Å²) in [5.41, 5.74) is -0.446. The molecule has 0 spiro atoms. The Hall–Kier alpha value is -0.460. The van der Waals surface area contributed by atoms with Crippen LogP contribution in [0.3, 0.4) is 0 Å². The predicted molar refractivity (Wildman–Crippen MR) is 143 cm³/mol. The van der Waals surface area contributed by atoms with E-state index < -0.39 is 23.4 Å². The van der Waals surface area contributed by atoms with Crippen molar-refractivity contribution in [1.29, 1.82) is 0 Å². The van der Waals surface area contributed by atoms with Gasteiger partial charge in [-0.3, -0.25) is 0 Å². The quantitative estimate of drug-likeness (QED) is 0.376. The lowest BCUT2D eigenvalue weighted by atomic mass is 9.46. The molecule has 0 aromatic carbocycles. The van der Waals surface area contributed by atoms with Gasteiger partial charge in [0.25, 0.3) is 0 Å². The Bertz CT molecular complexity index is 844. The Morgan fingerprint density at radius 3 is 2.17 bits per heavy atom. The highest BCUT2D eigenvalue weighted by atomic mass is 16.5. The molecule has 10 atom stereocenters. The van der Waals surface area contributed by atoms with Crippen LogP contribution < -0.4 is 0 Å². The number of allylic oxidation sites excluding steroid dienone is 2. The summed E-state index contributed by atoms with van der Waals surface area (Å²) in [6, 6.07) is 0. The van der Waals surface area contributed by atoms with Crippen LogP contribution in [0.25, 0.3) is 0 Å². The zero-order valence-electron chi connectivity index (χ0n) is 24.2. The number of fused-ring (bicyclic) bond motifs is 1. The van der Waals surface area contributed by atoms with Crippen molar-refractivity contribution in [1.82, 2.24) is 0 Å². The highest BCUT2D eigenvalue weighted by Crippen LogP contribution is 2.62. The molecule has 1 aliphatic heterocycles. The SMILES string of the molecule is CCC1C[C@H](O)[C@@H]2C(C)(CCC(O)C2(C)C)/C1=C/CC1(C)CCC(O)C1[C@@]1(C)CCC(C(C)(C)O)O1. The van der Waals surface area contributed by atoms with Crippen molar-refractivity contribution in [2.24, 2.45) is 34.0 Å². The summed E-state index contributed by atoms with van der Waals surface area (Å²) in [5.74, 6) is 0.388. The molecule has 1 heterocycles. The van der Waals surface area contributed by atoms with E-state index in [0.29, 0.717) is 5.92 Å². The van der Waals surface area contributed by atoms with Crippen LogP contribution in [0.1, 0.15) is 113 Å². The molecule has 208 valence electrons. The van der Waals surface area contributed by atoms with Crippen molar-refractivity contribution in [2.45, 2.75) is 149 Å². The van der Waals surface area contributed by atoms with Crippen LogP contribution in [0.2, 0.25) is 0 Å². The van der Waals surface area contributed by atoms with E-state index >= 15 is 0 Å². The van der Waals surface area contributed by atoms with Crippen molar-refractivity contribution in [2.75, 3.05) is 0 Å². The van der Waals surface area contributed by atoms with E-state index in [2.05, 4.69) is 47.6 Å². The first-order valence-electron chi connectivity index (χ1n) is 14.6. The maximum absolute atomic E-state index is 11.3. The van der Waals surface area contributed by atoms with E-state index in [1.165, 1.54) is 5.57 Å². The van der Waals surface area contributed by atoms with Crippen LogP contribution in [-0.4, -0.2) is 56.0 Å². The number of hydrogen-bond acceptors (Lipinski definition) is 5. The van der Waals surface area contributed by atoms with Gasteiger partial charge in [0.1, 0.15) is 0 Å². The Labute approximate surface area is 219 Å². The third-order valence-electron chi connectivity index (χ3n) is 11.5. The molecule has 0 amide bonds. The molecule has 1 saturated heterocycles. The minimum Gasteiger partial charge on any atom is -0.393 e. The average Bonchev–Trinajstić information content (AvgIpc) is 3.30. The zero-order chi connectivity index (χ0) is 26.9. The minimum atomic E-state index is -0.890. The molecule has 5 nitrogen and oxygen atoms in total. The van der Waals surface area contributed by atoms with Crippen molar-refractivity contribution >= 4 is 0 Å². The van der Waals surface area contributed by atoms with Crippen molar-refractivity contribution < 1.29 is 25.2 Å². The lowest BCUT2D eigenvalue weighted by Crippen LogP contribution is -2.58. The summed E-state index contributed by atoms with van der Waals surface area (Å²) in [6.07, 6.45) is 8.80. The Kier molecular flexibility index (Phi) is 7.40. The van der Waals surface area contributed by atoms with Gasteiger partial charge in [-0.05, 0) is 101 Å². The molecule has 4 N–H and O–H groups in total. The summed E-state index contributed by atoms with van der Waals surface area (Å²) in [4.78, 5) is 0. The maximum atomic E-state index is 11.3. The number of hydrogen-bond donors (Lipinski definition) is 4. The normalized spacial score (nSPS) is 50.4. The molecule has 5 heteroatoms. The molecule has 0 bridgehead atoms. The number of aliphatic hydroxyl groups excluding tert-OH is 3. The molecule has 3 aliphatic carbocycles. The Balaban J connectivity index is 1.66. The minimum absolute atomic E-state index is 0.0108. The van der Waals surface area contributed by atoms with E-state index in [1.807, 2.05) is 13.8 Å². The Morgan fingerprint density at radius 2 is 1.58 bits per heavy atom. The van der Waals surface area contributed by atoms with Crippen LogP contribution in [0.5, 0.6) is 0 Å². The van der Waals surface area contributed by atoms with Gasteiger partial charge in [-0.2, -0.15) is 0 Å². The van der Waals surface area contributed by atoms with Gasteiger partial charge < -0.3 is 25.2 Å². The van der Waals surface area contributed by atoms with Crippen molar-refractivity contribution in [3.05, 3.63) is 11.6 Å². The molecular weight excluding hydrogens is 452 g/mol. The van der Waals surface area contributed by atoms with Gasteiger partial charge in [0, 0.05) is 11.8 Å². The predicted octanol–water partition coefficient (Wildman–Crippen LogP) is 5.38. The van der Waals surface area contributed by atoms with Crippen LogP contribution in [0, 0.1) is 34.0 Å². The largest absolute Gasteiger partial charge is 0.393 e. The lowest BCUT2D eigenvalue weighted by Gasteiger charge is -2.60.